The van der Waals surface area contributed by atoms with Crippen LogP contribution in [0.25, 0.3) is 0 Å². The molecule has 0 saturated carbocycles. The summed E-state index contributed by atoms with van der Waals surface area (Å²) >= 11 is 5.72. The molecule has 1 radical (unpaired) electrons. The van der Waals surface area contributed by atoms with E-state index in [2.05, 4.69) is 4.98 Å². The molecule has 0 aliphatic rings. The Morgan fingerprint density at radius 2 is 1.67 bits per heavy atom. The van der Waals surface area contributed by atoms with E-state index < -0.39 is 11.7 Å². The van der Waals surface area contributed by atoms with E-state index in [0.717, 1.165) is 12.1 Å². The minimum absolute atomic E-state index is 0.343. The number of hydrogen-bond donors (Lipinski definition) is 0. The summed E-state index contributed by atoms with van der Waals surface area (Å²) in [7, 11) is 0. The maximum Gasteiger partial charge on any atom is 0.416 e. The molecule has 0 atom stereocenters. The molecule has 1 nitrogen and oxygen atoms in total. The first-order valence-electron chi connectivity index (χ1n) is 5.10. The number of alkyl halides is 3. The quantitative estimate of drug-likeness (QED) is 0.739. The van der Waals surface area contributed by atoms with Gasteiger partial charge in [-0.25, -0.2) is 4.98 Å². The lowest BCUT2D eigenvalue weighted by Crippen LogP contribution is -2.04. The Morgan fingerprint density at radius 3 is 2.22 bits per heavy atom. The third-order valence-corrected chi connectivity index (χ3v) is 2.50. The lowest BCUT2D eigenvalue weighted by Gasteiger charge is -2.07. The van der Waals surface area contributed by atoms with Crippen molar-refractivity contribution < 1.29 is 13.2 Å². The summed E-state index contributed by atoms with van der Waals surface area (Å²) in [4.78, 5) is 4.03. The Kier molecular flexibility index (Phi) is 3.57. The van der Waals surface area contributed by atoms with Gasteiger partial charge in [0.1, 0.15) is 5.15 Å². The molecule has 1 aromatic carbocycles. The molecule has 5 heteroatoms. The molecule has 0 bridgehead atoms. The lowest BCUT2D eigenvalue weighted by atomic mass is 10.1. The molecule has 0 aliphatic heterocycles. The molecule has 0 aliphatic carbocycles. The number of hydrogen-bond acceptors (Lipinski definition) is 1. The smallest absolute Gasteiger partial charge is 0.240 e. The molecule has 0 spiro atoms. The van der Waals surface area contributed by atoms with E-state index in [1.807, 2.05) is 0 Å². The summed E-state index contributed by atoms with van der Waals surface area (Å²) in [5, 5.41) is 0.343. The van der Waals surface area contributed by atoms with Gasteiger partial charge in [-0.1, -0.05) is 29.8 Å². The molecule has 0 fully saturated rings. The normalized spacial score (nSPS) is 11.6. The van der Waals surface area contributed by atoms with Crippen LogP contribution in [0.5, 0.6) is 0 Å². The molecule has 0 N–H and O–H groups in total. The summed E-state index contributed by atoms with van der Waals surface area (Å²) in [6.45, 7) is 0. The second-order valence-electron chi connectivity index (χ2n) is 3.65. The van der Waals surface area contributed by atoms with Crippen molar-refractivity contribution in [3.8, 4) is 0 Å². The van der Waals surface area contributed by atoms with E-state index in [1.165, 1.54) is 12.1 Å². The number of halogens is 4. The van der Waals surface area contributed by atoms with Gasteiger partial charge >= 0.3 is 6.18 Å². The van der Waals surface area contributed by atoms with Gasteiger partial charge in [0.05, 0.1) is 11.3 Å². The van der Waals surface area contributed by atoms with Crippen molar-refractivity contribution in [2.45, 2.75) is 6.18 Å². The van der Waals surface area contributed by atoms with Crippen LogP contribution in [-0.2, 0) is 6.18 Å². The van der Waals surface area contributed by atoms with Crippen molar-refractivity contribution in [3.05, 3.63) is 70.9 Å². The summed E-state index contributed by atoms with van der Waals surface area (Å²) < 4.78 is 37.1. The van der Waals surface area contributed by atoms with Crippen molar-refractivity contribution >= 4 is 11.6 Å². The SMILES string of the molecule is FC(F)(F)c1ccc([CH]c2cccc(Cl)n2)cc1. The third kappa shape index (κ3) is 3.23. The average molecular weight is 271 g/mol. The van der Waals surface area contributed by atoms with Gasteiger partial charge in [0, 0.05) is 6.42 Å². The van der Waals surface area contributed by atoms with E-state index >= 15 is 0 Å². The van der Waals surface area contributed by atoms with Crippen molar-refractivity contribution in [3.63, 3.8) is 0 Å². The summed E-state index contributed by atoms with van der Waals surface area (Å²) in [6, 6.07) is 9.95. The van der Waals surface area contributed by atoms with Gasteiger partial charge in [0.15, 0.2) is 0 Å². The van der Waals surface area contributed by atoms with E-state index in [9.17, 15) is 13.2 Å². The molecular formula is C13H8ClF3N. The van der Waals surface area contributed by atoms with Gasteiger partial charge in [-0.05, 0) is 29.8 Å². The molecular weight excluding hydrogens is 263 g/mol. The Bertz CT molecular complexity index is 535. The Labute approximate surface area is 107 Å². The minimum atomic E-state index is -4.31. The van der Waals surface area contributed by atoms with Gasteiger partial charge in [0.25, 0.3) is 0 Å². The second kappa shape index (κ2) is 4.98. The van der Waals surface area contributed by atoms with Crippen LogP contribution < -0.4 is 0 Å². The zero-order valence-electron chi connectivity index (χ0n) is 9.08. The van der Waals surface area contributed by atoms with Gasteiger partial charge in [-0.15, -0.1) is 0 Å². The average Bonchev–Trinajstić information content (AvgIpc) is 2.28. The fourth-order valence-electron chi connectivity index (χ4n) is 1.44. The predicted octanol–water partition coefficient (Wildman–Crippen LogP) is 4.35. The van der Waals surface area contributed by atoms with Crippen LogP contribution >= 0.6 is 11.6 Å². The molecule has 2 rings (SSSR count). The van der Waals surface area contributed by atoms with Crippen LogP contribution in [0, 0.1) is 6.42 Å². The third-order valence-electron chi connectivity index (χ3n) is 2.29. The largest absolute Gasteiger partial charge is 0.416 e. The second-order valence-corrected chi connectivity index (χ2v) is 4.04. The van der Waals surface area contributed by atoms with Gasteiger partial charge < -0.3 is 0 Å². The number of rotatable bonds is 2. The molecule has 1 aromatic heterocycles. The Balaban J connectivity index is 2.16. The van der Waals surface area contributed by atoms with Gasteiger partial charge in [0.2, 0.25) is 0 Å². The van der Waals surface area contributed by atoms with Crippen molar-refractivity contribution in [1.29, 1.82) is 0 Å². The Morgan fingerprint density at radius 1 is 1.00 bits per heavy atom. The number of pyridine rings is 1. The maximum absolute atomic E-state index is 12.4. The van der Waals surface area contributed by atoms with E-state index in [0.29, 0.717) is 16.4 Å². The highest BCUT2D eigenvalue weighted by Gasteiger charge is 2.29. The van der Waals surface area contributed by atoms with E-state index in [4.69, 9.17) is 11.6 Å². The van der Waals surface area contributed by atoms with Crippen molar-refractivity contribution in [1.82, 2.24) is 4.98 Å². The van der Waals surface area contributed by atoms with Crippen LogP contribution in [0.15, 0.2) is 42.5 Å². The van der Waals surface area contributed by atoms with Crippen molar-refractivity contribution in [2.24, 2.45) is 0 Å². The number of nitrogens with zero attached hydrogens (tertiary/aromatic N) is 1. The zero-order chi connectivity index (χ0) is 13.2. The highest BCUT2D eigenvalue weighted by molar-refractivity contribution is 6.29. The highest BCUT2D eigenvalue weighted by Crippen LogP contribution is 2.29. The summed E-state index contributed by atoms with van der Waals surface area (Å²) in [5.74, 6) is 0. The first-order chi connectivity index (χ1) is 8.45. The number of benzene rings is 1. The fourth-order valence-corrected chi connectivity index (χ4v) is 1.61. The van der Waals surface area contributed by atoms with Crippen LogP contribution in [-0.4, -0.2) is 4.98 Å². The van der Waals surface area contributed by atoms with Crippen LogP contribution in [0.4, 0.5) is 13.2 Å². The van der Waals surface area contributed by atoms with E-state index in [-0.39, 0.29) is 0 Å². The molecule has 2 aromatic rings. The van der Waals surface area contributed by atoms with Crippen molar-refractivity contribution in [2.75, 3.05) is 0 Å². The molecule has 0 unspecified atom stereocenters. The Hall–Kier alpha value is -1.55. The maximum atomic E-state index is 12.4. The van der Waals surface area contributed by atoms with Crippen LogP contribution in [0.2, 0.25) is 5.15 Å². The van der Waals surface area contributed by atoms with Crippen LogP contribution in [0.3, 0.4) is 0 Å². The number of aromatic nitrogens is 1. The summed E-state index contributed by atoms with van der Waals surface area (Å²) in [5.41, 5.74) is 0.568. The summed E-state index contributed by atoms with van der Waals surface area (Å²) in [6.07, 6.45) is -2.65. The fraction of sp³-hybridized carbons (Fsp3) is 0.0769. The zero-order valence-corrected chi connectivity index (χ0v) is 9.83. The first kappa shape index (κ1) is 12.9. The first-order valence-corrected chi connectivity index (χ1v) is 5.47. The topological polar surface area (TPSA) is 12.9 Å². The lowest BCUT2D eigenvalue weighted by molar-refractivity contribution is -0.137. The molecule has 1 heterocycles. The molecule has 0 amide bonds. The standard InChI is InChI=1S/C13H8ClF3N/c14-12-3-1-2-11(18-12)8-9-4-6-10(7-5-9)13(15,16)17/h1-8H. The molecule has 93 valence electrons. The van der Waals surface area contributed by atoms with E-state index in [1.54, 1.807) is 24.6 Å². The molecule has 0 saturated heterocycles. The monoisotopic (exact) mass is 270 g/mol. The minimum Gasteiger partial charge on any atom is -0.240 e. The van der Waals surface area contributed by atoms with Gasteiger partial charge in [-0.3, -0.25) is 0 Å². The van der Waals surface area contributed by atoms with Gasteiger partial charge in [-0.2, -0.15) is 13.2 Å². The molecule has 18 heavy (non-hydrogen) atoms. The van der Waals surface area contributed by atoms with Crippen LogP contribution in [0.1, 0.15) is 16.8 Å². The highest BCUT2D eigenvalue weighted by atomic mass is 35.5. The predicted molar refractivity (Wildman–Crippen MR) is 63.2 cm³/mol.